The molecular formula is C18H27ClO2. The number of hydrogen-bond donors (Lipinski definition) is 1. The highest BCUT2D eigenvalue weighted by Gasteiger charge is 2.26. The summed E-state index contributed by atoms with van der Waals surface area (Å²) in [5.74, 6) is 2.11. The van der Waals surface area contributed by atoms with Crippen LogP contribution >= 0.6 is 11.6 Å². The summed E-state index contributed by atoms with van der Waals surface area (Å²) in [5.41, 5.74) is 1.01. The molecule has 1 saturated carbocycles. The molecule has 0 heterocycles. The monoisotopic (exact) mass is 310 g/mol. The largest absolute Gasteiger partial charge is 0.496 e. The van der Waals surface area contributed by atoms with Crippen molar-refractivity contribution in [2.45, 2.75) is 58.0 Å². The van der Waals surface area contributed by atoms with Crippen molar-refractivity contribution < 1.29 is 9.84 Å². The van der Waals surface area contributed by atoms with Gasteiger partial charge in [-0.25, -0.2) is 0 Å². The number of aliphatic hydroxyl groups excluding tert-OH is 1. The van der Waals surface area contributed by atoms with E-state index in [-0.39, 0.29) is 6.10 Å². The first kappa shape index (κ1) is 16.6. The molecule has 0 amide bonds. The van der Waals surface area contributed by atoms with E-state index in [1.165, 1.54) is 25.7 Å². The van der Waals surface area contributed by atoms with Crippen molar-refractivity contribution in [3.05, 3.63) is 28.8 Å². The standard InChI is InChI=1S/C18H27ClO2/c1-3-4-13-5-7-14(8-6-13)17(20)12-15-11-16(19)9-10-18(15)21-2/h9-11,13-14,17,20H,3-8,12H2,1-2H3. The molecule has 21 heavy (non-hydrogen) atoms. The van der Waals surface area contributed by atoms with Crippen LogP contribution in [0, 0.1) is 11.8 Å². The van der Waals surface area contributed by atoms with Crippen LogP contribution < -0.4 is 4.74 Å². The summed E-state index contributed by atoms with van der Waals surface area (Å²) in [7, 11) is 1.66. The predicted octanol–water partition coefficient (Wildman–Crippen LogP) is 4.86. The fraction of sp³-hybridized carbons (Fsp3) is 0.667. The van der Waals surface area contributed by atoms with E-state index in [0.717, 1.165) is 30.1 Å². The van der Waals surface area contributed by atoms with Gasteiger partial charge in [0.1, 0.15) is 5.75 Å². The molecule has 0 aromatic heterocycles. The molecule has 0 saturated heterocycles. The number of aliphatic hydroxyl groups is 1. The van der Waals surface area contributed by atoms with Gasteiger partial charge in [0.15, 0.2) is 0 Å². The van der Waals surface area contributed by atoms with E-state index in [2.05, 4.69) is 6.92 Å². The zero-order chi connectivity index (χ0) is 15.2. The lowest BCUT2D eigenvalue weighted by Crippen LogP contribution is -2.27. The minimum Gasteiger partial charge on any atom is -0.496 e. The third-order valence-electron chi connectivity index (χ3n) is 4.80. The zero-order valence-electron chi connectivity index (χ0n) is 13.1. The van der Waals surface area contributed by atoms with E-state index in [1.807, 2.05) is 18.2 Å². The van der Waals surface area contributed by atoms with Gasteiger partial charge in [0, 0.05) is 11.4 Å². The lowest BCUT2D eigenvalue weighted by atomic mass is 9.77. The van der Waals surface area contributed by atoms with E-state index in [4.69, 9.17) is 16.3 Å². The Labute approximate surface area is 133 Å². The Balaban J connectivity index is 1.93. The Morgan fingerprint density at radius 2 is 2.00 bits per heavy atom. The van der Waals surface area contributed by atoms with E-state index in [9.17, 15) is 5.11 Å². The minimum atomic E-state index is -0.292. The van der Waals surface area contributed by atoms with Crippen LogP contribution in [0.4, 0.5) is 0 Å². The summed E-state index contributed by atoms with van der Waals surface area (Å²) in [6.07, 6.45) is 7.78. The second-order valence-electron chi connectivity index (χ2n) is 6.30. The fourth-order valence-electron chi connectivity index (χ4n) is 3.57. The van der Waals surface area contributed by atoms with Crippen LogP contribution in [0.5, 0.6) is 5.75 Å². The summed E-state index contributed by atoms with van der Waals surface area (Å²) < 4.78 is 5.37. The van der Waals surface area contributed by atoms with Crippen molar-refractivity contribution in [2.24, 2.45) is 11.8 Å². The molecule has 2 rings (SSSR count). The summed E-state index contributed by atoms with van der Waals surface area (Å²) in [5, 5.41) is 11.3. The second kappa shape index (κ2) is 8.05. The van der Waals surface area contributed by atoms with Crippen molar-refractivity contribution in [1.82, 2.24) is 0 Å². The number of halogens is 1. The normalized spacial score (nSPS) is 23.8. The first-order valence-electron chi connectivity index (χ1n) is 8.14. The van der Waals surface area contributed by atoms with Crippen LogP contribution in [0.25, 0.3) is 0 Å². The maximum Gasteiger partial charge on any atom is 0.122 e. The van der Waals surface area contributed by atoms with Gasteiger partial charge in [-0.2, -0.15) is 0 Å². The zero-order valence-corrected chi connectivity index (χ0v) is 13.9. The van der Waals surface area contributed by atoms with Crippen molar-refractivity contribution >= 4 is 11.6 Å². The molecule has 1 fully saturated rings. The number of methoxy groups -OCH3 is 1. The molecule has 0 bridgehead atoms. The average Bonchev–Trinajstić information content (AvgIpc) is 2.48. The second-order valence-corrected chi connectivity index (χ2v) is 6.73. The first-order valence-corrected chi connectivity index (χ1v) is 8.52. The summed E-state index contributed by atoms with van der Waals surface area (Å²) in [6, 6.07) is 5.61. The molecule has 118 valence electrons. The molecule has 3 heteroatoms. The summed E-state index contributed by atoms with van der Waals surface area (Å²) in [4.78, 5) is 0. The third kappa shape index (κ3) is 4.62. The van der Waals surface area contributed by atoms with Crippen LogP contribution in [-0.2, 0) is 6.42 Å². The van der Waals surface area contributed by atoms with Gasteiger partial charge in [-0.3, -0.25) is 0 Å². The lowest BCUT2D eigenvalue weighted by molar-refractivity contribution is 0.0723. The highest BCUT2D eigenvalue weighted by molar-refractivity contribution is 6.30. The van der Waals surface area contributed by atoms with Gasteiger partial charge in [0.05, 0.1) is 13.2 Å². The quantitative estimate of drug-likeness (QED) is 0.813. The maximum atomic E-state index is 10.6. The number of ether oxygens (including phenoxy) is 1. The summed E-state index contributed by atoms with van der Waals surface area (Å²) >= 11 is 6.06. The Morgan fingerprint density at radius 3 is 2.62 bits per heavy atom. The van der Waals surface area contributed by atoms with Crippen molar-refractivity contribution in [2.75, 3.05) is 7.11 Å². The Morgan fingerprint density at radius 1 is 1.29 bits per heavy atom. The van der Waals surface area contributed by atoms with Crippen LogP contribution in [-0.4, -0.2) is 18.3 Å². The SMILES string of the molecule is CCCC1CCC(C(O)Cc2cc(Cl)ccc2OC)CC1. The molecule has 1 aliphatic carbocycles. The van der Waals surface area contributed by atoms with Gasteiger partial charge < -0.3 is 9.84 Å². The molecule has 0 radical (unpaired) electrons. The van der Waals surface area contributed by atoms with Gasteiger partial charge in [0.25, 0.3) is 0 Å². The number of benzene rings is 1. The van der Waals surface area contributed by atoms with Crippen molar-refractivity contribution in [1.29, 1.82) is 0 Å². The van der Waals surface area contributed by atoms with E-state index in [0.29, 0.717) is 17.4 Å². The van der Waals surface area contributed by atoms with Crippen molar-refractivity contribution in [3.8, 4) is 5.75 Å². The molecule has 1 aromatic rings. The fourth-order valence-corrected chi connectivity index (χ4v) is 3.76. The molecule has 1 unspecified atom stereocenters. The minimum absolute atomic E-state index is 0.292. The van der Waals surface area contributed by atoms with E-state index in [1.54, 1.807) is 7.11 Å². The Bertz CT molecular complexity index is 439. The Kier molecular flexibility index (Phi) is 6.38. The maximum absolute atomic E-state index is 10.6. The first-order chi connectivity index (χ1) is 10.1. The molecule has 1 aromatic carbocycles. The van der Waals surface area contributed by atoms with Crippen LogP contribution in [0.1, 0.15) is 51.0 Å². The highest BCUT2D eigenvalue weighted by Crippen LogP contribution is 2.35. The van der Waals surface area contributed by atoms with Gasteiger partial charge in [-0.15, -0.1) is 0 Å². The molecule has 1 atom stereocenters. The van der Waals surface area contributed by atoms with Gasteiger partial charge in [-0.05, 0) is 48.4 Å². The Hall–Kier alpha value is -0.730. The molecule has 0 aliphatic heterocycles. The molecule has 0 spiro atoms. The van der Waals surface area contributed by atoms with Crippen LogP contribution in [0.15, 0.2) is 18.2 Å². The average molecular weight is 311 g/mol. The number of hydrogen-bond acceptors (Lipinski definition) is 2. The molecular weight excluding hydrogens is 284 g/mol. The predicted molar refractivity (Wildman–Crippen MR) is 88.1 cm³/mol. The van der Waals surface area contributed by atoms with E-state index < -0.39 is 0 Å². The summed E-state index contributed by atoms with van der Waals surface area (Å²) in [6.45, 7) is 2.26. The molecule has 1 aliphatic rings. The van der Waals surface area contributed by atoms with Crippen molar-refractivity contribution in [3.63, 3.8) is 0 Å². The topological polar surface area (TPSA) is 29.5 Å². The highest BCUT2D eigenvalue weighted by atomic mass is 35.5. The van der Waals surface area contributed by atoms with Gasteiger partial charge >= 0.3 is 0 Å². The van der Waals surface area contributed by atoms with E-state index >= 15 is 0 Å². The molecule has 1 N–H and O–H groups in total. The molecule has 2 nitrogen and oxygen atoms in total. The number of rotatable bonds is 6. The smallest absolute Gasteiger partial charge is 0.122 e. The lowest BCUT2D eigenvalue weighted by Gasteiger charge is -2.31. The van der Waals surface area contributed by atoms with Gasteiger partial charge in [0.2, 0.25) is 0 Å². The third-order valence-corrected chi connectivity index (χ3v) is 5.04. The van der Waals surface area contributed by atoms with Gasteiger partial charge in [-0.1, -0.05) is 44.2 Å². The van der Waals surface area contributed by atoms with Crippen LogP contribution in [0.3, 0.4) is 0 Å². The van der Waals surface area contributed by atoms with Crippen LogP contribution in [0.2, 0.25) is 5.02 Å².